The van der Waals surface area contributed by atoms with Gasteiger partial charge >= 0.3 is 0 Å². The zero-order valence-electron chi connectivity index (χ0n) is 10.8. The molecule has 1 aliphatic carbocycles. The molecule has 1 aliphatic heterocycles. The summed E-state index contributed by atoms with van der Waals surface area (Å²) in [5, 5.41) is 2.85. The molecule has 1 heterocycles. The van der Waals surface area contributed by atoms with Gasteiger partial charge < -0.3 is 10.1 Å². The third-order valence-electron chi connectivity index (χ3n) is 4.01. The summed E-state index contributed by atoms with van der Waals surface area (Å²) < 4.78 is 5.35. The van der Waals surface area contributed by atoms with Crippen molar-refractivity contribution in [2.24, 2.45) is 5.92 Å². The Bertz CT molecular complexity index is 483. The molecule has 1 amide bonds. The van der Waals surface area contributed by atoms with Gasteiger partial charge in [-0.05, 0) is 30.0 Å². The first-order chi connectivity index (χ1) is 9.22. The number of rotatable bonds is 3. The SMILES string of the molecule is O=C1COc2ccc(C(Cl)CC3CCCC3)cc2N1. The van der Waals surface area contributed by atoms with Crippen molar-refractivity contribution < 1.29 is 9.53 Å². The summed E-state index contributed by atoms with van der Waals surface area (Å²) in [4.78, 5) is 11.3. The van der Waals surface area contributed by atoms with Gasteiger partial charge in [0.05, 0.1) is 11.1 Å². The van der Waals surface area contributed by atoms with E-state index >= 15 is 0 Å². The molecular weight excluding hydrogens is 262 g/mol. The van der Waals surface area contributed by atoms with Gasteiger partial charge in [0.2, 0.25) is 0 Å². The number of hydrogen-bond donors (Lipinski definition) is 1. The van der Waals surface area contributed by atoms with Crippen molar-refractivity contribution in [1.29, 1.82) is 0 Å². The molecule has 4 heteroatoms. The normalized spacial score (nSPS) is 20.6. The van der Waals surface area contributed by atoms with Crippen molar-refractivity contribution in [3.05, 3.63) is 23.8 Å². The number of alkyl halides is 1. The molecule has 0 saturated heterocycles. The summed E-state index contributed by atoms with van der Waals surface area (Å²) in [5.74, 6) is 1.38. The van der Waals surface area contributed by atoms with Crippen molar-refractivity contribution in [2.75, 3.05) is 11.9 Å². The number of carbonyl (C=O) groups excluding carboxylic acids is 1. The molecule has 1 aromatic rings. The van der Waals surface area contributed by atoms with E-state index in [-0.39, 0.29) is 17.9 Å². The molecule has 1 fully saturated rings. The zero-order chi connectivity index (χ0) is 13.2. The lowest BCUT2D eigenvalue weighted by molar-refractivity contribution is -0.118. The lowest BCUT2D eigenvalue weighted by atomic mass is 9.97. The summed E-state index contributed by atoms with van der Waals surface area (Å²) in [6, 6.07) is 5.84. The Labute approximate surface area is 118 Å². The van der Waals surface area contributed by atoms with Crippen LogP contribution in [0.25, 0.3) is 0 Å². The first-order valence-electron chi connectivity index (χ1n) is 6.93. The van der Waals surface area contributed by atoms with Gasteiger partial charge in [-0.2, -0.15) is 0 Å². The number of anilines is 1. The molecule has 102 valence electrons. The Kier molecular flexibility index (Phi) is 3.65. The van der Waals surface area contributed by atoms with Gasteiger partial charge in [-0.3, -0.25) is 4.79 Å². The first-order valence-corrected chi connectivity index (χ1v) is 7.36. The van der Waals surface area contributed by atoms with Crippen LogP contribution in [0.15, 0.2) is 18.2 Å². The molecule has 19 heavy (non-hydrogen) atoms. The highest BCUT2D eigenvalue weighted by Gasteiger charge is 2.22. The van der Waals surface area contributed by atoms with Crippen LogP contribution in [0.3, 0.4) is 0 Å². The molecule has 3 rings (SSSR count). The van der Waals surface area contributed by atoms with E-state index in [4.69, 9.17) is 16.3 Å². The highest BCUT2D eigenvalue weighted by Crippen LogP contribution is 2.38. The monoisotopic (exact) mass is 279 g/mol. The maximum absolute atomic E-state index is 11.3. The van der Waals surface area contributed by atoms with Crippen LogP contribution in [0, 0.1) is 5.92 Å². The van der Waals surface area contributed by atoms with Crippen LogP contribution in [0.5, 0.6) is 5.75 Å². The molecule has 1 unspecified atom stereocenters. The van der Waals surface area contributed by atoms with Gasteiger partial charge in [-0.15, -0.1) is 11.6 Å². The van der Waals surface area contributed by atoms with Crippen molar-refractivity contribution in [2.45, 2.75) is 37.5 Å². The summed E-state index contributed by atoms with van der Waals surface area (Å²) in [6.07, 6.45) is 6.29. The second kappa shape index (κ2) is 5.41. The smallest absolute Gasteiger partial charge is 0.262 e. The average Bonchev–Trinajstić information content (AvgIpc) is 2.90. The minimum absolute atomic E-state index is 0.0206. The Morgan fingerprint density at radius 2 is 2.16 bits per heavy atom. The summed E-state index contributed by atoms with van der Waals surface area (Å²) in [7, 11) is 0. The van der Waals surface area contributed by atoms with Crippen molar-refractivity contribution in [3.8, 4) is 5.75 Å². The Hall–Kier alpha value is -1.22. The van der Waals surface area contributed by atoms with Crippen LogP contribution in [0.4, 0.5) is 5.69 Å². The highest BCUT2D eigenvalue weighted by atomic mass is 35.5. The first kappa shape index (κ1) is 12.8. The summed E-state index contributed by atoms with van der Waals surface area (Å²) in [5.41, 5.74) is 1.81. The van der Waals surface area contributed by atoms with E-state index in [2.05, 4.69) is 5.32 Å². The minimum Gasteiger partial charge on any atom is -0.482 e. The standard InChI is InChI=1S/C15H18ClNO2/c16-12(7-10-3-1-2-4-10)11-5-6-14-13(8-11)17-15(18)9-19-14/h5-6,8,10,12H,1-4,7,9H2,(H,17,18). The van der Waals surface area contributed by atoms with Gasteiger partial charge in [0.25, 0.3) is 5.91 Å². The molecule has 0 aromatic heterocycles. The number of nitrogens with one attached hydrogen (secondary N) is 1. The van der Waals surface area contributed by atoms with Gasteiger partial charge in [0.1, 0.15) is 5.75 Å². The van der Waals surface area contributed by atoms with Crippen LogP contribution < -0.4 is 10.1 Å². The van der Waals surface area contributed by atoms with E-state index in [0.29, 0.717) is 0 Å². The topological polar surface area (TPSA) is 38.3 Å². The van der Waals surface area contributed by atoms with Crippen LogP contribution in [-0.4, -0.2) is 12.5 Å². The van der Waals surface area contributed by atoms with Crippen LogP contribution >= 0.6 is 11.6 Å². The molecular formula is C15H18ClNO2. The lowest BCUT2D eigenvalue weighted by Gasteiger charge is -2.20. The Morgan fingerprint density at radius 1 is 1.37 bits per heavy atom. The van der Waals surface area contributed by atoms with Crippen molar-refractivity contribution >= 4 is 23.2 Å². The third-order valence-corrected chi connectivity index (χ3v) is 4.44. The minimum atomic E-state index is -0.105. The predicted molar refractivity (Wildman–Crippen MR) is 75.7 cm³/mol. The molecule has 1 N–H and O–H groups in total. The molecule has 0 spiro atoms. The summed E-state index contributed by atoms with van der Waals surface area (Å²) in [6.45, 7) is 0.0960. The maximum atomic E-state index is 11.3. The fourth-order valence-corrected chi connectivity index (χ4v) is 3.36. The second-order valence-corrected chi connectivity index (χ2v) is 5.97. The Morgan fingerprint density at radius 3 is 2.95 bits per heavy atom. The van der Waals surface area contributed by atoms with Gasteiger partial charge in [0.15, 0.2) is 6.61 Å². The largest absolute Gasteiger partial charge is 0.482 e. The molecule has 2 aliphatic rings. The Balaban J connectivity index is 1.73. The molecule has 0 bridgehead atoms. The number of fused-ring (bicyclic) bond motifs is 1. The molecule has 1 aromatic carbocycles. The quantitative estimate of drug-likeness (QED) is 0.853. The highest BCUT2D eigenvalue weighted by molar-refractivity contribution is 6.20. The second-order valence-electron chi connectivity index (χ2n) is 5.45. The maximum Gasteiger partial charge on any atom is 0.262 e. The molecule has 0 radical (unpaired) electrons. The van der Waals surface area contributed by atoms with Crippen LogP contribution in [-0.2, 0) is 4.79 Å². The number of benzene rings is 1. The van der Waals surface area contributed by atoms with E-state index in [1.807, 2.05) is 18.2 Å². The van der Waals surface area contributed by atoms with E-state index in [0.717, 1.165) is 29.3 Å². The fourth-order valence-electron chi connectivity index (χ4n) is 2.97. The van der Waals surface area contributed by atoms with E-state index < -0.39 is 0 Å². The fraction of sp³-hybridized carbons (Fsp3) is 0.533. The summed E-state index contributed by atoms with van der Waals surface area (Å²) >= 11 is 6.51. The van der Waals surface area contributed by atoms with E-state index in [1.165, 1.54) is 25.7 Å². The number of halogens is 1. The average molecular weight is 280 g/mol. The van der Waals surface area contributed by atoms with Crippen molar-refractivity contribution in [1.82, 2.24) is 0 Å². The lowest BCUT2D eigenvalue weighted by Crippen LogP contribution is -2.25. The van der Waals surface area contributed by atoms with Gasteiger partial charge in [-0.1, -0.05) is 31.7 Å². The van der Waals surface area contributed by atoms with Crippen molar-refractivity contribution in [3.63, 3.8) is 0 Å². The van der Waals surface area contributed by atoms with E-state index in [1.54, 1.807) is 0 Å². The molecule has 3 nitrogen and oxygen atoms in total. The van der Waals surface area contributed by atoms with Gasteiger partial charge in [0, 0.05) is 0 Å². The van der Waals surface area contributed by atoms with Crippen LogP contribution in [0.2, 0.25) is 0 Å². The number of hydrogen-bond acceptors (Lipinski definition) is 2. The number of carbonyl (C=O) groups is 1. The zero-order valence-corrected chi connectivity index (χ0v) is 11.6. The number of amides is 1. The van der Waals surface area contributed by atoms with Crippen LogP contribution in [0.1, 0.15) is 43.0 Å². The molecule has 1 saturated carbocycles. The molecule has 1 atom stereocenters. The van der Waals surface area contributed by atoms with Gasteiger partial charge in [-0.25, -0.2) is 0 Å². The number of ether oxygens (including phenoxy) is 1. The third kappa shape index (κ3) is 2.86. The van der Waals surface area contributed by atoms with E-state index in [9.17, 15) is 4.79 Å². The predicted octanol–water partition coefficient (Wildman–Crippen LogP) is 3.88.